The fraction of sp³-hybridized carbons (Fsp3) is 0.333. The van der Waals surface area contributed by atoms with Crippen molar-refractivity contribution in [3.8, 4) is 0 Å². The maximum absolute atomic E-state index is 12.8. The Morgan fingerprint density at radius 3 is 2.27 bits per heavy atom. The van der Waals surface area contributed by atoms with Crippen LogP contribution in [0.2, 0.25) is 5.02 Å². The molecule has 1 amide bonds. The van der Waals surface area contributed by atoms with Gasteiger partial charge in [0.05, 0.1) is 21.0 Å². The van der Waals surface area contributed by atoms with Gasteiger partial charge < -0.3 is 4.90 Å². The summed E-state index contributed by atoms with van der Waals surface area (Å²) >= 11 is 5.99. The molecule has 2 aromatic rings. The number of aromatic nitrogens is 2. The van der Waals surface area contributed by atoms with Crippen LogP contribution in [0.15, 0.2) is 45.3 Å². The number of nitrogens with zero attached hydrogens (tertiary/aromatic N) is 3. The molecule has 1 aromatic heterocycles. The van der Waals surface area contributed by atoms with Crippen molar-refractivity contribution in [3.63, 3.8) is 0 Å². The molecule has 0 fully saturated rings. The van der Waals surface area contributed by atoms with Crippen LogP contribution in [0, 0.1) is 0 Å². The van der Waals surface area contributed by atoms with Crippen LogP contribution in [-0.4, -0.2) is 56.9 Å². The minimum atomic E-state index is -4.20. The maximum Gasteiger partial charge on any atom is 0.344 e. The number of carbonyl (C=O) groups is 1. The van der Waals surface area contributed by atoms with Gasteiger partial charge in [-0.2, -0.15) is 9.78 Å². The fourth-order valence-electron chi connectivity index (χ4n) is 2.24. The number of benzene rings is 1. The van der Waals surface area contributed by atoms with E-state index >= 15 is 0 Å². The highest BCUT2D eigenvalue weighted by atomic mass is 35.5. The average molecular weight is 420 g/mol. The van der Waals surface area contributed by atoms with Crippen LogP contribution in [0.4, 0.5) is 4.79 Å². The van der Waals surface area contributed by atoms with Gasteiger partial charge >= 0.3 is 6.03 Å². The third kappa shape index (κ3) is 3.92. The molecule has 0 saturated heterocycles. The summed E-state index contributed by atoms with van der Waals surface area (Å²) in [5.41, 5.74) is 0. The van der Waals surface area contributed by atoms with Gasteiger partial charge in [-0.3, -0.25) is 0 Å². The molecular weight excluding hydrogens is 402 g/mol. The van der Waals surface area contributed by atoms with Crippen molar-refractivity contribution in [2.75, 3.05) is 19.3 Å². The molecule has 0 N–H and O–H groups in total. The van der Waals surface area contributed by atoms with E-state index in [9.17, 15) is 21.6 Å². The number of hydrogen-bond donors (Lipinski definition) is 0. The SMILES string of the molecule is CCN(CC)C(=O)n1cc(Cl)c(S(=O)(=O)c2cccc(S(C)(=O)=O)c2)n1. The van der Waals surface area contributed by atoms with E-state index in [4.69, 9.17) is 11.6 Å². The molecule has 8 nitrogen and oxygen atoms in total. The van der Waals surface area contributed by atoms with Gasteiger partial charge in [0.2, 0.25) is 14.9 Å². The molecule has 0 aliphatic rings. The van der Waals surface area contributed by atoms with Crippen molar-refractivity contribution < 1.29 is 21.6 Å². The molecule has 2 rings (SSSR count). The highest BCUT2D eigenvalue weighted by Gasteiger charge is 2.28. The number of hydrogen-bond acceptors (Lipinski definition) is 6. The lowest BCUT2D eigenvalue weighted by Gasteiger charge is -2.17. The van der Waals surface area contributed by atoms with Crippen LogP contribution in [0.25, 0.3) is 0 Å². The Hall–Kier alpha value is -1.91. The smallest absolute Gasteiger partial charge is 0.323 e. The molecule has 142 valence electrons. The lowest BCUT2D eigenvalue weighted by molar-refractivity contribution is 0.201. The summed E-state index contributed by atoms with van der Waals surface area (Å²) < 4.78 is 49.8. The molecular formula is C15H18ClN3O5S2. The lowest BCUT2D eigenvalue weighted by Crippen LogP contribution is -2.34. The van der Waals surface area contributed by atoms with Crippen LogP contribution in [0.1, 0.15) is 13.8 Å². The molecule has 0 radical (unpaired) electrons. The molecule has 0 bridgehead atoms. The Kier molecular flexibility index (Phi) is 5.79. The molecule has 11 heteroatoms. The highest BCUT2D eigenvalue weighted by molar-refractivity contribution is 7.92. The summed E-state index contributed by atoms with van der Waals surface area (Å²) in [5, 5.41) is 3.09. The van der Waals surface area contributed by atoms with Crippen LogP contribution >= 0.6 is 11.6 Å². The summed E-state index contributed by atoms with van der Waals surface area (Å²) in [6.45, 7) is 4.40. The molecule has 1 heterocycles. The van der Waals surface area contributed by atoms with E-state index in [1.165, 1.54) is 23.1 Å². The highest BCUT2D eigenvalue weighted by Crippen LogP contribution is 2.27. The van der Waals surface area contributed by atoms with Gasteiger partial charge in [0.25, 0.3) is 0 Å². The Labute approximate surface area is 157 Å². The first-order valence-electron chi connectivity index (χ1n) is 7.62. The van der Waals surface area contributed by atoms with E-state index < -0.39 is 30.7 Å². The van der Waals surface area contributed by atoms with Crippen LogP contribution < -0.4 is 0 Å². The standard InChI is InChI=1S/C15H18ClN3O5S2/c1-4-18(5-2)15(20)19-10-13(16)14(17-19)26(23,24)12-8-6-7-11(9-12)25(3,21)22/h6-10H,4-5H2,1-3H3. The second-order valence-corrected chi connectivity index (χ2v) is 9.72. The molecule has 0 saturated carbocycles. The first-order chi connectivity index (χ1) is 12.0. The Morgan fingerprint density at radius 1 is 1.15 bits per heavy atom. The van der Waals surface area contributed by atoms with Crippen molar-refractivity contribution in [1.82, 2.24) is 14.7 Å². The summed E-state index contributed by atoms with van der Waals surface area (Å²) in [4.78, 5) is 13.3. The first kappa shape index (κ1) is 20.4. The molecule has 0 atom stereocenters. The van der Waals surface area contributed by atoms with Gasteiger partial charge in [-0.25, -0.2) is 21.6 Å². The van der Waals surface area contributed by atoms with Crippen molar-refractivity contribution in [3.05, 3.63) is 35.5 Å². The van der Waals surface area contributed by atoms with Gasteiger partial charge in [-0.15, -0.1) is 0 Å². The van der Waals surface area contributed by atoms with Crippen LogP contribution in [0.3, 0.4) is 0 Å². The third-order valence-corrected chi connectivity index (χ3v) is 6.85. The topological polar surface area (TPSA) is 106 Å². The number of halogens is 1. The van der Waals surface area contributed by atoms with Gasteiger partial charge in [-0.1, -0.05) is 17.7 Å². The van der Waals surface area contributed by atoms with E-state index in [-0.39, 0.29) is 14.8 Å². The van der Waals surface area contributed by atoms with E-state index in [1.807, 2.05) is 0 Å². The van der Waals surface area contributed by atoms with Crippen LogP contribution in [0.5, 0.6) is 0 Å². The second-order valence-electron chi connectivity index (χ2n) is 5.43. The predicted molar refractivity (Wildman–Crippen MR) is 96.0 cm³/mol. The Morgan fingerprint density at radius 2 is 1.73 bits per heavy atom. The molecule has 0 aliphatic heterocycles. The first-order valence-corrected chi connectivity index (χ1v) is 11.4. The largest absolute Gasteiger partial charge is 0.344 e. The molecule has 1 aromatic carbocycles. The van der Waals surface area contributed by atoms with E-state index in [1.54, 1.807) is 13.8 Å². The average Bonchev–Trinajstić information content (AvgIpc) is 2.98. The van der Waals surface area contributed by atoms with Crippen molar-refractivity contribution >= 4 is 37.3 Å². The second kappa shape index (κ2) is 7.37. The minimum Gasteiger partial charge on any atom is -0.323 e. The monoisotopic (exact) mass is 419 g/mol. The van der Waals surface area contributed by atoms with Gasteiger partial charge in [0.1, 0.15) is 0 Å². The number of rotatable bonds is 5. The summed E-state index contributed by atoms with van der Waals surface area (Å²) in [6, 6.07) is 4.37. The van der Waals surface area contributed by atoms with Gasteiger partial charge in [0, 0.05) is 19.3 Å². The molecule has 0 spiro atoms. The lowest BCUT2D eigenvalue weighted by atomic mass is 10.4. The summed E-state index contributed by atoms with van der Waals surface area (Å²) in [5.74, 6) is 0. The summed E-state index contributed by atoms with van der Waals surface area (Å²) in [6.07, 6.45) is 2.10. The van der Waals surface area contributed by atoms with E-state index in [0.717, 1.165) is 23.2 Å². The predicted octanol–water partition coefficient (Wildman–Crippen LogP) is 2.08. The molecule has 0 aliphatic carbocycles. The zero-order valence-electron chi connectivity index (χ0n) is 14.4. The number of carbonyl (C=O) groups excluding carboxylic acids is 1. The summed E-state index contributed by atoms with van der Waals surface area (Å²) in [7, 11) is -7.79. The van der Waals surface area contributed by atoms with Crippen LogP contribution in [-0.2, 0) is 19.7 Å². The number of sulfone groups is 2. The molecule has 0 unspecified atom stereocenters. The third-order valence-electron chi connectivity index (χ3n) is 3.67. The maximum atomic E-state index is 12.8. The van der Waals surface area contributed by atoms with Gasteiger partial charge in [0.15, 0.2) is 9.84 Å². The fourth-order valence-corrected chi connectivity index (χ4v) is 4.68. The quantitative estimate of drug-likeness (QED) is 0.734. The number of amides is 1. The minimum absolute atomic E-state index is 0.145. The van der Waals surface area contributed by atoms with Crippen molar-refractivity contribution in [2.24, 2.45) is 0 Å². The zero-order chi connectivity index (χ0) is 19.7. The van der Waals surface area contributed by atoms with Crippen molar-refractivity contribution in [2.45, 2.75) is 28.7 Å². The Balaban J connectivity index is 2.53. The molecule has 26 heavy (non-hydrogen) atoms. The van der Waals surface area contributed by atoms with Gasteiger partial charge in [-0.05, 0) is 32.0 Å². The normalized spacial score (nSPS) is 12.2. The van der Waals surface area contributed by atoms with E-state index in [2.05, 4.69) is 5.10 Å². The Bertz CT molecular complexity index is 1040. The zero-order valence-corrected chi connectivity index (χ0v) is 16.8. The van der Waals surface area contributed by atoms with E-state index in [0.29, 0.717) is 13.1 Å². The van der Waals surface area contributed by atoms with Crippen molar-refractivity contribution in [1.29, 1.82) is 0 Å².